The zero-order chi connectivity index (χ0) is 14.3. The summed E-state index contributed by atoms with van der Waals surface area (Å²) in [5.41, 5.74) is 7.71. The molecule has 102 valence electrons. The van der Waals surface area contributed by atoms with Crippen LogP contribution in [0.25, 0.3) is 22.5 Å². The van der Waals surface area contributed by atoms with E-state index >= 15 is 0 Å². The Morgan fingerprint density at radius 1 is 1.20 bits per heavy atom. The van der Waals surface area contributed by atoms with Crippen LogP contribution in [0.3, 0.4) is 0 Å². The first-order valence-corrected chi connectivity index (χ1v) is 7.10. The molecule has 0 unspecified atom stereocenters. The first-order valence-electron chi connectivity index (χ1n) is 5.52. The molecule has 0 saturated carbocycles. The molecule has 2 heterocycles. The summed E-state index contributed by atoms with van der Waals surface area (Å²) in [6, 6.07) is 7.57. The summed E-state index contributed by atoms with van der Waals surface area (Å²) in [4.78, 5) is 0. The molecule has 3 aromatic rings. The van der Waals surface area contributed by atoms with Gasteiger partial charge in [0.2, 0.25) is 0 Å². The molecule has 0 bridgehead atoms. The number of nitrogen functional groups attached to an aromatic ring is 1. The monoisotopic (exact) mass is 328 g/mol. The van der Waals surface area contributed by atoms with Gasteiger partial charge in [0.1, 0.15) is 10.2 Å². The smallest absolute Gasteiger partial charge is 0.179 e. The zero-order valence-corrected chi connectivity index (χ0v) is 12.2. The minimum atomic E-state index is -0.332. The van der Waals surface area contributed by atoms with Crippen molar-refractivity contribution in [1.82, 2.24) is 5.16 Å². The number of hydrogen-bond acceptors (Lipinski definition) is 4. The Kier molecular flexibility index (Phi) is 3.41. The Hall–Kier alpha value is -1.56. The van der Waals surface area contributed by atoms with Gasteiger partial charge >= 0.3 is 0 Å². The number of benzene rings is 1. The summed E-state index contributed by atoms with van der Waals surface area (Å²) in [5, 5.41) is 3.75. The normalized spacial score (nSPS) is 10.9. The molecule has 0 atom stereocenters. The number of nitrogens with two attached hydrogens (primary N) is 1. The van der Waals surface area contributed by atoms with Crippen LogP contribution in [0.5, 0.6) is 0 Å². The Labute approximate surface area is 127 Å². The third-order valence-electron chi connectivity index (χ3n) is 2.75. The highest BCUT2D eigenvalue weighted by molar-refractivity contribution is 7.20. The number of rotatable bonds is 2. The molecule has 0 radical (unpaired) electrons. The second-order valence-electron chi connectivity index (χ2n) is 4.02. The average Bonchev–Trinajstić information content (AvgIpc) is 2.93. The molecule has 0 fully saturated rings. The number of nitrogens with zero attached hydrogens (tertiary/aromatic N) is 1. The van der Waals surface area contributed by atoms with Crippen molar-refractivity contribution in [1.29, 1.82) is 0 Å². The van der Waals surface area contributed by atoms with Crippen LogP contribution < -0.4 is 5.73 Å². The second-order valence-corrected chi connectivity index (χ2v) is 6.30. The molecule has 0 amide bonds. The molecule has 20 heavy (non-hydrogen) atoms. The highest BCUT2D eigenvalue weighted by Gasteiger charge is 2.21. The summed E-state index contributed by atoms with van der Waals surface area (Å²) in [6.07, 6.45) is 0. The van der Waals surface area contributed by atoms with Crippen LogP contribution in [0.15, 0.2) is 34.9 Å². The SMILES string of the molecule is Nc1noc(-c2cc(Cl)sc2Cl)c1-c1ccc(F)cc1. The third-order valence-corrected chi connectivity index (χ3v) is 4.24. The molecule has 0 aliphatic heterocycles. The first kappa shape index (κ1) is 13.4. The Morgan fingerprint density at radius 3 is 2.50 bits per heavy atom. The van der Waals surface area contributed by atoms with Crippen molar-refractivity contribution in [3.8, 4) is 22.5 Å². The van der Waals surface area contributed by atoms with Crippen LogP contribution in [0.1, 0.15) is 0 Å². The molecule has 3 rings (SSSR count). The summed E-state index contributed by atoms with van der Waals surface area (Å²) in [5.74, 6) is 0.300. The largest absolute Gasteiger partial charge is 0.380 e. The molecule has 3 nitrogen and oxygen atoms in total. The molecule has 7 heteroatoms. The van der Waals surface area contributed by atoms with Crippen molar-refractivity contribution in [3.63, 3.8) is 0 Å². The van der Waals surface area contributed by atoms with Crippen molar-refractivity contribution < 1.29 is 8.91 Å². The molecule has 0 spiro atoms. The third kappa shape index (κ3) is 2.28. The van der Waals surface area contributed by atoms with Crippen molar-refractivity contribution in [3.05, 3.63) is 44.8 Å². The van der Waals surface area contributed by atoms with Crippen LogP contribution in [-0.4, -0.2) is 5.16 Å². The van der Waals surface area contributed by atoms with Gasteiger partial charge < -0.3 is 10.3 Å². The van der Waals surface area contributed by atoms with Crippen LogP contribution in [0.2, 0.25) is 8.67 Å². The number of aromatic nitrogens is 1. The molecule has 2 aromatic heterocycles. The van der Waals surface area contributed by atoms with E-state index < -0.39 is 0 Å². The van der Waals surface area contributed by atoms with Gasteiger partial charge in [-0.2, -0.15) is 0 Å². The Morgan fingerprint density at radius 2 is 1.90 bits per heavy atom. The van der Waals surface area contributed by atoms with E-state index in [1.165, 1.54) is 23.5 Å². The van der Waals surface area contributed by atoms with Gasteiger partial charge in [-0.3, -0.25) is 0 Å². The van der Waals surface area contributed by atoms with Crippen LogP contribution in [-0.2, 0) is 0 Å². The van der Waals surface area contributed by atoms with Crippen molar-refractivity contribution >= 4 is 40.4 Å². The Balaban J connectivity index is 2.19. The summed E-state index contributed by atoms with van der Waals surface area (Å²) < 4.78 is 19.3. The summed E-state index contributed by atoms with van der Waals surface area (Å²) in [7, 11) is 0. The van der Waals surface area contributed by atoms with Gasteiger partial charge in [0.05, 0.1) is 15.5 Å². The minimum absolute atomic E-state index is 0.213. The lowest BCUT2D eigenvalue weighted by atomic mass is 10.0. The van der Waals surface area contributed by atoms with E-state index in [-0.39, 0.29) is 11.6 Å². The van der Waals surface area contributed by atoms with E-state index in [9.17, 15) is 4.39 Å². The van der Waals surface area contributed by atoms with Crippen molar-refractivity contribution in [2.24, 2.45) is 0 Å². The molecule has 0 aliphatic carbocycles. The Bertz CT molecular complexity index is 767. The first-order chi connectivity index (χ1) is 9.56. The van der Waals surface area contributed by atoms with E-state index in [1.54, 1.807) is 18.2 Å². The number of hydrogen-bond donors (Lipinski definition) is 1. The second kappa shape index (κ2) is 5.09. The zero-order valence-electron chi connectivity index (χ0n) is 9.86. The van der Waals surface area contributed by atoms with Gasteiger partial charge in [0.15, 0.2) is 11.6 Å². The van der Waals surface area contributed by atoms with Gasteiger partial charge in [0.25, 0.3) is 0 Å². The van der Waals surface area contributed by atoms with Crippen LogP contribution >= 0.6 is 34.5 Å². The quantitative estimate of drug-likeness (QED) is 0.712. The molecule has 2 N–H and O–H groups in total. The van der Waals surface area contributed by atoms with Crippen LogP contribution in [0.4, 0.5) is 10.2 Å². The van der Waals surface area contributed by atoms with E-state index in [0.29, 0.717) is 31.1 Å². The maximum Gasteiger partial charge on any atom is 0.179 e. The predicted octanol–water partition coefficient (Wildman–Crippen LogP) is 5.10. The lowest BCUT2D eigenvalue weighted by molar-refractivity contribution is 0.436. The van der Waals surface area contributed by atoms with Gasteiger partial charge in [-0.15, -0.1) is 11.3 Å². The summed E-state index contributed by atoms with van der Waals surface area (Å²) in [6.45, 7) is 0. The molecule has 0 saturated heterocycles. The lowest BCUT2D eigenvalue weighted by Gasteiger charge is -2.01. The lowest BCUT2D eigenvalue weighted by Crippen LogP contribution is -1.88. The van der Waals surface area contributed by atoms with E-state index in [2.05, 4.69) is 5.16 Å². The van der Waals surface area contributed by atoms with E-state index in [1.807, 2.05) is 0 Å². The van der Waals surface area contributed by atoms with Crippen molar-refractivity contribution in [2.45, 2.75) is 0 Å². The fourth-order valence-electron chi connectivity index (χ4n) is 1.88. The van der Waals surface area contributed by atoms with E-state index in [4.69, 9.17) is 33.5 Å². The average molecular weight is 329 g/mol. The molecular formula is C13H7Cl2FN2OS. The van der Waals surface area contributed by atoms with E-state index in [0.717, 1.165) is 0 Å². The maximum atomic E-state index is 13.0. The van der Waals surface area contributed by atoms with Gasteiger partial charge in [-0.05, 0) is 23.8 Å². The summed E-state index contributed by atoms with van der Waals surface area (Å²) >= 11 is 13.3. The molecule has 1 aromatic carbocycles. The van der Waals surface area contributed by atoms with Crippen molar-refractivity contribution in [2.75, 3.05) is 5.73 Å². The maximum absolute atomic E-state index is 13.0. The molecular weight excluding hydrogens is 322 g/mol. The number of anilines is 1. The van der Waals surface area contributed by atoms with Gasteiger partial charge in [0, 0.05) is 0 Å². The standard InChI is InChI=1S/C13H7Cl2FN2OS/c14-9-5-8(12(15)20-9)11-10(13(17)18-19-11)6-1-3-7(16)4-2-6/h1-5H,(H2,17,18). The predicted molar refractivity (Wildman–Crippen MR) is 79.6 cm³/mol. The van der Waals surface area contributed by atoms with Gasteiger partial charge in [-0.25, -0.2) is 4.39 Å². The number of halogens is 3. The van der Waals surface area contributed by atoms with Crippen LogP contribution in [0, 0.1) is 5.82 Å². The minimum Gasteiger partial charge on any atom is -0.380 e. The highest BCUT2D eigenvalue weighted by atomic mass is 35.5. The number of thiophene rings is 1. The fourth-order valence-corrected chi connectivity index (χ4v) is 3.34. The fraction of sp³-hybridized carbons (Fsp3) is 0. The highest BCUT2D eigenvalue weighted by Crippen LogP contribution is 2.44. The topological polar surface area (TPSA) is 52.0 Å². The van der Waals surface area contributed by atoms with Gasteiger partial charge in [-0.1, -0.05) is 40.5 Å². The molecule has 0 aliphatic rings.